The number of amides is 2. The molecule has 8 heteroatoms. The maximum absolute atomic E-state index is 13.0. The Balaban J connectivity index is 2.30. The van der Waals surface area contributed by atoms with Crippen LogP contribution in [-0.4, -0.2) is 58.9 Å². The van der Waals surface area contributed by atoms with Gasteiger partial charge >= 0.3 is 18.0 Å². The van der Waals surface area contributed by atoms with E-state index in [1.165, 1.54) is 4.90 Å². The lowest BCUT2D eigenvalue weighted by atomic mass is 9.98. The number of nitrogens with one attached hydrogen (secondary N) is 1. The molecule has 0 bridgehead atoms. The maximum atomic E-state index is 13.0. The average molecular weight is 431 g/mol. The molecule has 8 nitrogen and oxygen atoms in total. The summed E-state index contributed by atoms with van der Waals surface area (Å²) in [6.07, 6.45) is -1.27. The van der Waals surface area contributed by atoms with E-state index in [2.05, 4.69) is 5.32 Å². The second-order valence-corrected chi connectivity index (χ2v) is 7.70. The van der Waals surface area contributed by atoms with E-state index >= 15 is 0 Å². The quantitative estimate of drug-likeness (QED) is 0.498. The van der Waals surface area contributed by atoms with Crippen molar-refractivity contribution in [2.75, 3.05) is 25.0 Å². The number of anilines is 1. The lowest BCUT2D eigenvalue weighted by Gasteiger charge is -2.27. The fourth-order valence-electron chi connectivity index (χ4n) is 3.35. The van der Waals surface area contributed by atoms with Gasteiger partial charge in [0.1, 0.15) is 0 Å². The van der Waals surface area contributed by atoms with Crippen LogP contribution in [0.2, 0.25) is 0 Å². The normalized spacial score (nSPS) is 11.9. The highest BCUT2D eigenvalue weighted by molar-refractivity contribution is 5.97. The molecule has 31 heavy (non-hydrogen) atoms. The zero-order valence-electron chi connectivity index (χ0n) is 18.1. The Morgan fingerprint density at radius 3 is 2.45 bits per heavy atom. The van der Waals surface area contributed by atoms with Crippen LogP contribution in [0.3, 0.4) is 0 Å². The number of aryl methyl sites for hydroxylation is 1. The van der Waals surface area contributed by atoms with Crippen molar-refractivity contribution in [3.8, 4) is 0 Å². The fourth-order valence-corrected chi connectivity index (χ4v) is 3.35. The van der Waals surface area contributed by atoms with Gasteiger partial charge in [0.25, 0.3) is 0 Å². The molecule has 168 valence electrons. The van der Waals surface area contributed by atoms with Crippen LogP contribution in [0.5, 0.6) is 0 Å². The van der Waals surface area contributed by atoms with Gasteiger partial charge in [0.2, 0.25) is 0 Å². The largest absolute Gasteiger partial charge is 0.481 e. The van der Waals surface area contributed by atoms with Crippen LogP contribution < -0.4 is 5.32 Å². The number of carboxylic acids is 1. The van der Waals surface area contributed by atoms with Gasteiger partial charge in [-0.2, -0.15) is 0 Å². The number of esters is 1. The molecular formula is C23H30N2O6. The van der Waals surface area contributed by atoms with Gasteiger partial charge < -0.3 is 25.2 Å². The van der Waals surface area contributed by atoms with Crippen molar-refractivity contribution in [2.24, 2.45) is 5.92 Å². The summed E-state index contributed by atoms with van der Waals surface area (Å²) in [7, 11) is 0. The number of benzene rings is 2. The number of aliphatic hydroxyl groups is 1. The average Bonchev–Trinajstić information content (AvgIpc) is 2.71. The van der Waals surface area contributed by atoms with Gasteiger partial charge in [0, 0.05) is 18.7 Å². The van der Waals surface area contributed by atoms with E-state index in [4.69, 9.17) is 9.84 Å². The number of aliphatic hydroxyl groups excluding tert-OH is 1. The Hall–Kier alpha value is -3.13. The Kier molecular flexibility index (Phi) is 8.81. The van der Waals surface area contributed by atoms with Gasteiger partial charge in [-0.25, -0.2) is 9.59 Å². The molecule has 0 aliphatic carbocycles. The number of carboxylic acid groups (broad SMARTS) is 1. The molecule has 1 atom stereocenters. The molecule has 2 amide bonds. The van der Waals surface area contributed by atoms with E-state index in [0.717, 1.165) is 16.3 Å². The highest BCUT2D eigenvalue weighted by Crippen LogP contribution is 2.28. The molecule has 2 rings (SSSR count). The summed E-state index contributed by atoms with van der Waals surface area (Å²) in [4.78, 5) is 37.3. The summed E-state index contributed by atoms with van der Waals surface area (Å²) >= 11 is 0. The molecule has 3 N–H and O–H groups in total. The number of hydrogen-bond acceptors (Lipinski definition) is 5. The van der Waals surface area contributed by atoms with Crippen molar-refractivity contribution in [1.29, 1.82) is 0 Å². The molecule has 0 heterocycles. The second-order valence-electron chi connectivity index (χ2n) is 7.70. The van der Waals surface area contributed by atoms with Crippen molar-refractivity contribution in [3.05, 3.63) is 42.0 Å². The number of rotatable bonds is 10. The molecule has 0 fully saturated rings. The van der Waals surface area contributed by atoms with Crippen LogP contribution in [0.4, 0.5) is 10.5 Å². The van der Waals surface area contributed by atoms with Gasteiger partial charge in [-0.15, -0.1) is 0 Å². The minimum atomic E-state index is -1.45. The first kappa shape index (κ1) is 24.1. The monoisotopic (exact) mass is 430 g/mol. The molecule has 0 aliphatic rings. The number of nitrogens with zero attached hydrogens (tertiary/aromatic N) is 1. The Labute approximate surface area is 181 Å². The van der Waals surface area contributed by atoms with Gasteiger partial charge in [-0.3, -0.25) is 4.79 Å². The van der Waals surface area contributed by atoms with E-state index in [-0.39, 0.29) is 31.9 Å². The number of fused-ring (bicyclic) bond motifs is 1. The predicted molar refractivity (Wildman–Crippen MR) is 118 cm³/mol. The first-order valence-corrected chi connectivity index (χ1v) is 10.4. The first-order valence-electron chi connectivity index (χ1n) is 10.4. The molecular weight excluding hydrogens is 400 g/mol. The molecule has 0 aliphatic heterocycles. The second kappa shape index (κ2) is 11.3. The van der Waals surface area contributed by atoms with Crippen molar-refractivity contribution < 1.29 is 29.3 Å². The van der Waals surface area contributed by atoms with Gasteiger partial charge in [0.05, 0.1) is 13.2 Å². The molecule has 2 aromatic rings. The molecule has 2 aromatic carbocycles. The summed E-state index contributed by atoms with van der Waals surface area (Å²) in [6.45, 7) is 5.73. The summed E-state index contributed by atoms with van der Waals surface area (Å²) in [5.41, 5.74) is 1.23. The van der Waals surface area contributed by atoms with Crippen LogP contribution in [0.15, 0.2) is 36.4 Å². The topological polar surface area (TPSA) is 116 Å². The third kappa shape index (κ3) is 6.96. The predicted octanol–water partition coefficient (Wildman–Crippen LogP) is 3.27. The zero-order valence-corrected chi connectivity index (χ0v) is 18.1. The standard InChI is InChI=1S/C23H30N2O6/c1-4-31-22(29)20(26)14-25(13-15(2)3)23(30)24-19-11-9-16-7-5-6-8-17(16)18(19)10-12-21(27)28/h5-9,11,15,20,26H,4,10,12-14H2,1-3H3,(H,24,30)(H,27,28). The Morgan fingerprint density at radius 1 is 1.10 bits per heavy atom. The molecule has 1 unspecified atom stereocenters. The Bertz CT molecular complexity index is 927. The van der Waals surface area contributed by atoms with Crippen molar-refractivity contribution >= 4 is 34.4 Å². The molecule has 0 saturated carbocycles. The van der Waals surface area contributed by atoms with Crippen LogP contribution in [0, 0.1) is 5.92 Å². The molecule has 0 saturated heterocycles. The van der Waals surface area contributed by atoms with Crippen molar-refractivity contribution in [1.82, 2.24) is 4.90 Å². The third-order valence-corrected chi connectivity index (χ3v) is 4.70. The Morgan fingerprint density at radius 2 is 1.81 bits per heavy atom. The fraction of sp³-hybridized carbons (Fsp3) is 0.435. The minimum absolute atomic E-state index is 0.0752. The van der Waals surface area contributed by atoms with E-state index in [9.17, 15) is 19.5 Å². The zero-order chi connectivity index (χ0) is 23.0. The minimum Gasteiger partial charge on any atom is -0.481 e. The van der Waals surface area contributed by atoms with Gasteiger partial charge in [-0.1, -0.05) is 44.2 Å². The smallest absolute Gasteiger partial charge is 0.336 e. The third-order valence-electron chi connectivity index (χ3n) is 4.70. The summed E-state index contributed by atoms with van der Waals surface area (Å²) in [5.74, 6) is -1.61. The first-order chi connectivity index (χ1) is 14.7. The number of hydrogen-bond donors (Lipinski definition) is 3. The summed E-state index contributed by atoms with van der Waals surface area (Å²) in [5, 5.41) is 23.9. The number of carbonyl (C=O) groups is 3. The molecule has 0 spiro atoms. The SMILES string of the molecule is CCOC(=O)C(O)CN(CC(C)C)C(=O)Nc1ccc2ccccc2c1CCC(=O)O. The number of urea groups is 1. The highest BCUT2D eigenvalue weighted by atomic mass is 16.5. The number of ether oxygens (including phenoxy) is 1. The summed E-state index contributed by atoms with van der Waals surface area (Å²) < 4.78 is 4.83. The lowest BCUT2D eigenvalue weighted by molar-refractivity contribution is -0.153. The van der Waals surface area contributed by atoms with Crippen LogP contribution in [0.1, 0.15) is 32.8 Å². The van der Waals surface area contributed by atoms with E-state index in [0.29, 0.717) is 12.2 Å². The van der Waals surface area contributed by atoms with Crippen molar-refractivity contribution in [2.45, 2.75) is 39.7 Å². The van der Waals surface area contributed by atoms with Crippen molar-refractivity contribution in [3.63, 3.8) is 0 Å². The number of aliphatic carboxylic acids is 1. The van der Waals surface area contributed by atoms with Crippen LogP contribution >= 0.6 is 0 Å². The van der Waals surface area contributed by atoms with Gasteiger partial charge in [-0.05, 0) is 41.7 Å². The van der Waals surface area contributed by atoms with E-state index in [1.807, 2.05) is 44.2 Å². The molecule has 0 radical (unpaired) electrons. The summed E-state index contributed by atoms with van der Waals surface area (Å²) in [6, 6.07) is 10.7. The van der Waals surface area contributed by atoms with Crippen LogP contribution in [0.25, 0.3) is 10.8 Å². The van der Waals surface area contributed by atoms with Crippen LogP contribution in [-0.2, 0) is 20.7 Å². The van der Waals surface area contributed by atoms with E-state index < -0.39 is 24.1 Å². The highest BCUT2D eigenvalue weighted by Gasteiger charge is 2.25. The van der Waals surface area contributed by atoms with E-state index in [1.54, 1.807) is 13.0 Å². The maximum Gasteiger partial charge on any atom is 0.336 e. The number of carbonyl (C=O) groups excluding carboxylic acids is 2. The lowest BCUT2D eigenvalue weighted by Crippen LogP contribution is -2.45. The van der Waals surface area contributed by atoms with Gasteiger partial charge in [0.15, 0.2) is 6.10 Å². The molecule has 0 aromatic heterocycles.